The van der Waals surface area contributed by atoms with Gasteiger partial charge in [0, 0.05) is 34.9 Å². The molecule has 1 aromatic heterocycles. The average molecular weight is 312 g/mol. The number of halogens is 2. The van der Waals surface area contributed by atoms with E-state index >= 15 is 0 Å². The van der Waals surface area contributed by atoms with Crippen LogP contribution in [-0.4, -0.2) is 9.55 Å². The summed E-state index contributed by atoms with van der Waals surface area (Å²) in [5, 5.41) is 4.81. The zero-order chi connectivity index (χ0) is 14.7. The van der Waals surface area contributed by atoms with Crippen LogP contribution in [0.4, 0.5) is 0 Å². The van der Waals surface area contributed by atoms with Crippen molar-refractivity contribution in [3.05, 3.63) is 52.0 Å². The van der Waals surface area contributed by atoms with Crippen molar-refractivity contribution in [2.45, 2.75) is 39.4 Å². The molecular formula is C15H19Cl2N3. The SMILES string of the molecule is CC(NCc1cncn1C(C)C)c1ccc(Cl)cc1Cl. The second kappa shape index (κ2) is 6.61. The lowest BCUT2D eigenvalue weighted by atomic mass is 10.1. The average Bonchev–Trinajstić information content (AvgIpc) is 2.84. The highest BCUT2D eigenvalue weighted by Crippen LogP contribution is 2.26. The van der Waals surface area contributed by atoms with Gasteiger partial charge in [-0.25, -0.2) is 4.98 Å². The predicted molar refractivity (Wildman–Crippen MR) is 84.3 cm³/mol. The number of nitrogens with one attached hydrogen (secondary N) is 1. The van der Waals surface area contributed by atoms with Crippen LogP contribution in [0, 0.1) is 0 Å². The molecule has 0 aliphatic rings. The van der Waals surface area contributed by atoms with Crippen LogP contribution in [0.2, 0.25) is 10.0 Å². The smallest absolute Gasteiger partial charge is 0.0951 e. The molecule has 3 nitrogen and oxygen atoms in total. The van der Waals surface area contributed by atoms with Crippen molar-refractivity contribution in [2.75, 3.05) is 0 Å². The van der Waals surface area contributed by atoms with E-state index in [-0.39, 0.29) is 6.04 Å². The summed E-state index contributed by atoms with van der Waals surface area (Å²) in [6, 6.07) is 6.15. The van der Waals surface area contributed by atoms with Gasteiger partial charge >= 0.3 is 0 Å². The highest BCUT2D eigenvalue weighted by molar-refractivity contribution is 6.35. The number of benzene rings is 1. The van der Waals surface area contributed by atoms with E-state index in [1.165, 1.54) is 0 Å². The van der Waals surface area contributed by atoms with Gasteiger partial charge in [0.05, 0.1) is 12.0 Å². The Morgan fingerprint density at radius 2 is 2.00 bits per heavy atom. The molecular weight excluding hydrogens is 293 g/mol. The number of nitrogens with zero attached hydrogens (tertiary/aromatic N) is 2. The molecule has 0 aliphatic carbocycles. The van der Waals surface area contributed by atoms with Gasteiger partial charge in [-0.1, -0.05) is 29.3 Å². The molecule has 1 heterocycles. The second-order valence-electron chi connectivity index (χ2n) is 5.15. The summed E-state index contributed by atoms with van der Waals surface area (Å²) < 4.78 is 2.16. The van der Waals surface area contributed by atoms with Gasteiger partial charge in [0.25, 0.3) is 0 Å². The van der Waals surface area contributed by atoms with Gasteiger partial charge in [-0.05, 0) is 38.5 Å². The van der Waals surface area contributed by atoms with Crippen molar-refractivity contribution in [1.29, 1.82) is 0 Å². The Balaban J connectivity index is 2.05. The number of aromatic nitrogens is 2. The number of imidazole rings is 1. The van der Waals surface area contributed by atoms with Gasteiger partial charge in [-0.15, -0.1) is 0 Å². The molecule has 1 N–H and O–H groups in total. The van der Waals surface area contributed by atoms with Crippen molar-refractivity contribution in [2.24, 2.45) is 0 Å². The number of rotatable bonds is 5. The number of hydrogen-bond donors (Lipinski definition) is 1. The summed E-state index contributed by atoms with van der Waals surface area (Å²) in [6.45, 7) is 7.12. The van der Waals surface area contributed by atoms with E-state index in [1.807, 2.05) is 24.7 Å². The maximum Gasteiger partial charge on any atom is 0.0951 e. The van der Waals surface area contributed by atoms with Crippen LogP contribution in [-0.2, 0) is 6.54 Å². The minimum atomic E-state index is 0.148. The fourth-order valence-electron chi connectivity index (χ4n) is 2.15. The first kappa shape index (κ1) is 15.4. The maximum absolute atomic E-state index is 6.22. The van der Waals surface area contributed by atoms with Gasteiger partial charge in [0.1, 0.15) is 0 Å². The molecule has 0 amide bonds. The molecule has 0 saturated carbocycles. The molecule has 20 heavy (non-hydrogen) atoms. The van der Waals surface area contributed by atoms with Crippen molar-refractivity contribution in [1.82, 2.24) is 14.9 Å². The predicted octanol–water partition coefficient (Wildman–Crippen LogP) is 4.62. The summed E-state index contributed by atoms with van der Waals surface area (Å²) in [5.74, 6) is 0. The zero-order valence-electron chi connectivity index (χ0n) is 11.9. The molecule has 108 valence electrons. The molecule has 5 heteroatoms. The molecule has 1 aromatic carbocycles. The third-order valence-corrected chi connectivity index (χ3v) is 3.88. The van der Waals surface area contributed by atoms with E-state index in [2.05, 4.69) is 35.6 Å². The van der Waals surface area contributed by atoms with E-state index < -0.39 is 0 Å². The van der Waals surface area contributed by atoms with Crippen LogP contribution in [0.1, 0.15) is 44.1 Å². The van der Waals surface area contributed by atoms with E-state index in [0.717, 1.165) is 17.8 Å². The van der Waals surface area contributed by atoms with E-state index in [1.54, 1.807) is 6.07 Å². The lowest BCUT2D eigenvalue weighted by molar-refractivity contribution is 0.518. The third kappa shape index (κ3) is 3.54. The minimum Gasteiger partial charge on any atom is -0.331 e. The fourth-order valence-corrected chi connectivity index (χ4v) is 2.73. The Hall–Kier alpha value is -1.03. The fraction of sp³-hybridized carbons (Fsp3) is 0.400. The van der Waals surface area contributed by atoms with Crippen LogP contribution in [0.25, 0.3) is 0 Å². The first-order chi connectivity index (χ1) is 9.49. The monoisotopic (exact) mass is 311 g/mol. The molecule has 2 rings (SSSR count). The number of hydrogen-bond acceptors (Lipinski definition) is 2. The highest BCUT2D eigenvalue weighted by Gasteiger charge is 2.11. The van der Waals surface area contributed by atoms with Crippen molar-refractivity contribution in [3.63, 3.8) is 0 Å². The molecule has 0 bridgehead atoms. The molecule has 0 fully saturated rings. The van der Waals surface area contributed by atoms with Gasteiger partial charge < -0.3 is 9.88 Å². The summed E-state index contributed by atoms with van der Waals surface area (Å²) in [5.41, 5.74) is 2.21. The molecule has 2 aromatic rings. The van der Waals surface area contributed by atoms with Gasteiger partial charge in [-0.3, -0.25) is 0 Å². The normalized spacial score (nSPS) is 12.9. The molecule has 0 radical (unpaired) electrons. The van der Waals surface area contributed by atoms with Crippen LogP contribution in [0.5, 0.6) is 0 Å². The van der Waals surface area contributed by atoms with Crippen molar-refractivity contribution >= 4 is 23.2 Å². The standard InChI is InChI=1S/C15H19Cl2N3/c1-10(2)20-9-18-7-13(20)8-19-11(3)14-5-4-12(16)6-15(14)17/h4-7,9-11,19H,8H2,1-3H3. The van der Waals surface area contributed by atoms with Crippen LogP contribution in [0.15, 0.2) is 30.7 Å². The van der Waals surface area contributed by atoms with E-state index in [0.29, 0.717) is 16.1 Å². The summed E-state index contributed by atoms with van der Waals surface area (Å²) in [7, 11) is 0. The summed E-state index contributed by atoms with van der Waals surface area (Å²) in [6.07, 6.45) is 3.75. The maximum atomic E-state index is 6.22. The molecule has 0 aliphatic heterocycles. The Labute approximate surface area is 129 Å². The van der Waals surface area contributed by atoms with Crippen molar-refractivity contribution < 1.29 is 0 Å². The Bertz CT molecular complexity index is 578. The molecule has 0 saturated heterocycles. The second-order valence-corrected chi connectivity index (χ2v) is 6.00. The van der Waals surface area contributed by atoms with Crippen LogP contribution in [0.3, 0.4) is 0 Å². The Kier molecular flexibility index (Phi) is 5.08. The van der Waals surface area contributed by atoms with Crippen molar-refractivity contribution in [3.8, 4) is 0 Å². The zero-order valence-corrected chi connectivity index (χ0v) is 13.4. The van der Waals surface area contributed by atoms with E-state index in [9.17, 15) is 0 Å². The lowest BCUT2D eigenvalue weighted by Gasteiger charge is -2.17. The molecule has 1 unspecified atom stereocenters. The quantitative estimate of drug-likeness (QED) is 0.873. The van der Waals surface area contributed by atoms with Crippen LogP contribution < -0.4 is 5.32 Å². The van der Waals surface area contributed by atoms with Gasteiger partial charge in [0.15, 0.2) is 0 Å². The van der Waals surface area contributed by atoms with Crippen LogP contribution >= 0.6 is 23.2 Å². The Morgan fingerprint density at radius 3 is 2.65 bits per heavy atom. The molecule has 0 spiro atoms. The topological polar surface area (TPSA) is 29.9 Å². The van der Waals surface area contributed by atoms with Gasteiger partial charge in [0.2, 0.25) is 0 Å². The van der Waals surface area contributed by atoms with Gasteiger partial charge in [-0.2, -0.15) is 0 Å². The first-order valence-electron chi connectivity index (χ1n) is 6.68. The highest BCUT2D eigenvalue weighted by atomic mass is 35.5. The third-order valence-electron chi connectivity index (χ3n) is 3.32. The van der Waals surface area contributed by atoms with E-state index in [4.69, 9.17) is 23.2 Å². The minimum absolute atomic E-state index is 0.148. The molecule has 1 atom stereocenters. The Morgan fingerprint density at radius 1 is 1.25 bits per heavy atom. The summed E-state index contributed by atoms with van der Waals surface area (Å²) in [4.78, 5) is 4.20. The largest absolute Gasteiger partial charge is 0.331 e. The first-order valence-corrected chi connectivity index (χ1v) is 7.43. The lowest BCUT2D eigenvalue weighted by Crippen LogP contribution is -2.20. The summed E-state index contributed by atoms with van der Waals surface area (Å²) >= 11 is 12.1.